The highest BCUT2D eigenvalue weighted by atomic mass is 35.5. The summed E-state index contributed by atoms with van der Waals surface area (Å²) >= 11 is 6.10. The molecule has 0 saturated heterocycles. The van der Waals surface area contributed by atoms with Crippen LogP contribution in [0.15, 0.2) is 55.1 Å². The van der Waals surface area contributed by atoms with Crippen LogP contribution >= 0.6 is 11.6 Å². The summed E-state index contributed by atoms with van der Waals surface area (Å²) in [5.41, 5.74) is 10.9. The fourth-order valence-electron chi connectivity index (χ4n) is 4.42. The molecule has 2 fully saturated rings. The van der Waals surface area contributed by atoms with Gasteiger partial charge in [-0.25, -0.2) is 15.0 Å². The predicted octanol–water partition coefficient (Wildman–Crippen LogP) is 4.59. The van der Waals surface area contributed by atoms with Crippen molar-refractivity contribution < 1.29 is 4.79 Å². The SMILES string of the molecule is Nc1ccc(Cl)cc1[C@H]1C[C@@H]1C(=O)Nc1cc(NCc2cn3cc(C4CC4)ccc3n2)ncn1. The molecule has 4 N–H and O–H groups in total. The van der Waals surface area contributed by atoms with Gasteiger partial charge in [-0.15, -0.1) is 0 Å². The highest BCUT2D eigenvalue weighted by molar-refractivity contribution is 6.30. The number of anilines is 3. The molecule has 2 aliphatic carbocycles. The van der Waals surface area contributed by atoms with Crippen LogP contribution in [0.2, 0.25) is 5.02 Å². The lowest BCUT2D eigenvalue weighted by Crippen LogP contribution is -2.16. The third-order valence-electron chi connectivity index (χ3n) is 6.52. The first-order chi connectivity index (χ1) is 16.5. The van der Waals surface area contributed by atoms with E-state index in [-0.39, 0.29) is 17.7 Å². The van der Waals surface area contributed by atoms with Crippen LogP contribution in [0.3, 0.4) is 0 Å². The van der Waals surface area contributed by atoms with Crippen molar-refractivity contribution in [3.63, 3.8) is 0 Å². The van der Waals surface area contributed by atoms with E-state index in [2.05, 4.69) is 48.3 Å². The summed E-state index contributed by atoms with van der Waals surface area (Å²) in [6.45, 7) is 0.517. The second-order valence-electron chi connectivity index (χ2n) is 9.09. The minimum absolute atomic E-state index is 0.0774. The summed E-state index contributed by atoms with van der Waals surface area (Å²) in [5, 5.41) is 6.79. The number of hydrogen-bond donors (Lipinski definition) is 3. The fourth-order valence-corrected chi connectivity index (χ4v) is 4.60. The molecule has 0 bridgehead atoms. The molecular weight excluding hydrogens is 450 g/mol. The predicted molar refractivity (Wildman–Crippen MR) is 132 cm³/mol. The molecule has 3 heterocycles. The van der Waals surface area contributed by atoms with Crippen molar-refractivity contribution in [3.05, 3.63) is 77.0 Å². The van der Waals surface area contributed by atoms with Crippen LogP contribution in [0.4, 0.5) is 17.3 Å². The number of imidazole rings is 1. The Bertz CT molecular complexity index is 1400. The topological polar surface area (TPSA) is 110 Å². The zero-order chi connectivity index (χ0) is 23.2. The van der Waals surface area contributed by atoms with Crippen LogP contribution in [0, 0.1) is 5.92 Å². The number of carbonyl (C=O) groups is 1. The molecule has 34 heavy (non-hydrogen) atoms. The molecule has 1 amide bonds. The summed E-state index contributed by atoms with van der Waals surface area (Å²) in [6, 6.07) is 11.3. The van der Waals surface area contributed by atoms with Crippen molar-refractivity contribution in [1.29, 1.82) is 0 Å². The number of halogens is 1. The van der Waals surface area contributed by atoms with E-state index < -0.39 is 0 Å². The van der Waals surface area contributed by atoms with Crippen molar-refractivity contribution in [2.75, 3.05) is 16.4 Å². The van der Waals surface area contributed by atoms with Gasteiger partial charge in [0.05, 0.1) is 12.2 Å². The molecular formula is C25H24ClN7O. The summed E-state index contributed by atoms with van der Waals surface area (Å²) in [7, 11) is 0. The van der Waals surface area contributed by atoms with Crippen molar-refractivity contribution >= 4 is 40.5 Å². The number of aromatic nitrogens is 4. The Morgan fingerprint density at radius 1 is 1.12 bits per heavy atom. The number of rotatable bonds is 7. The number of nitrogens with zero attached hydrogens (tertiary/aromatic N) is 4. The number of nitrogens with one attached hydrogen (secondary N) is 2. The van der Waals surface area contributed by atoms with Gasteiger partial charge in [0, 0.05) is 35.1 Å². The summed E-state index contributed by atoms with van der Waals surface area (Å²) in [6.07, 6.45) is 8.93. The van der Waals surface area contributed by atoms with Crippen molar-refractivity contribution in [2.24, 2.45) is 5.92 Å². The second-order valence-corrected chi connectivity index (χ2v) is 9.52. The number of nitrogens with two attached hydrogens (primary N) is 1. The summed E-state index contributed by atoms with van der Waals surface area (Å²) < 4.78 is 2.08. The van der Waals surface area contributed by atoms with Gasteiger partial charge in [0.25, 0.3) is 0 Å². The van der Waals surface area contributed by atoms with Crippen molar-refractivity contribution in [3.8, 4) is 0 Å². The van der Waals surface area contributed by atoms with E-state index >= 15 is 0 Å². The number of benzene rings is 1. The number of pyridine rings is 1. The average Bonchev–Trinajstić information content (AvgIpc) is 3.76. The Labute approximate surface area is 201 Å². The largest absolute Gasteiger partial charge is 0.398 e. The van der Waals surface area contributed by atoms with Gasteiger partial charge in [0.15, 0.2) is 0 Å². The first-order valence-corrected chi connectivity index (χ1v) is 11.8. The minimum atomic E-state index is -0.148. The molecule has 2 atom stereocenters. The van der Waals surface area contributed by atoms with Crippen LogP contribution in [0.25, 0.3) is 5.65 Å². The molecule has 6 rings (SSSR count). The van der Waals surface area contributed by atoms with Gasteiger partial charge >= 0.3 is 0 Å². The third-order valence-corrected chi connectivity index (χ3v) is 6.75. The maximum absolute atomic E-state index is 12.7. The van der Waals surface area contributed by atoms with E-state index in [1.165, 1.54) is 24.7 Å². The van der Waals surface area contributed by atoms with E-state index in [0.717, 1.165) is 23.3 Å². The van der Waals surface area contributed by atoms with Gasteiger partial charge in [-0.1, -0.05) is 17.7 Å². The highest BCUT2D eigenvalue weighted by Crippen LogP contribution is 2.50. The van der Waals surface area contributed by atoms with Crippen LogP contribution in [-0.4, -0.2) is 25.3 Å². The zero-order valence-corrected chi connectivity index (χ0v) is 19.2. The number of amides is 1. The van der Waals surface area contributed by atoms with Gasteiger partial charge in [-0.3, -0.25) is 4.79 Å². The first-order valence-electron chi connectivity index (χ1n) is 11.4. The van der Waals surface area contributed by atoms with Gasteiger partial charge in [0.2, 0.25) is 5.91 Å². The van der Waals surface area contributed by atoms with Crippen LogP contribution in [0.1, 0.15) is 47.9 Å². The molecule has 172 valence electrons. The molecule has 0 radical (unpaired) electrons. The van der Waals surface area contributed by atoms with E-state index in [0.29, 0.717) is 34.8 Å². The lowest BCUT2D eigenvalue weighted by Gasteiger charge is -2.08. The molecule has 0 spiro atoms. The molecule has 9 heteroatoms. The molecule has 8 nitrogen and oxygen atoms in total. The standard InChI is InChI=1S/C25H24ClN7O/c26-16-4-5-21(27)19(7-16)18-8-20(18)25(34)32-23-9-22(29-13-30-23)28-10-17-12-33-11-15(14-1-2-14)3-6-24(33)31-17/h3-7,9,11-14,18,20H,1-2,8,10,27H2,(H2,28,29,30,32,34)/t18-,20+/m1/s1. The molecule has 2 aliphatic rings. The van der Waals surface area contributed by atoms with Gasteiger partial charge in [-0.2, -0.15) is 0 Å². The van der Waals surface area contributed by atoms with Crippen molar-refractivity contribution in [1.82, 2.24) is 19.4 Å². The lowest BCUT2D eigenvalue weighted by atomic mass is 10.1. The summed E-state index contributed by atoms with van der Waals surface area (Å²) in [4.78, 5) is 25.9. The average molecular weight is 474 g/mol. The third kappa shape index (κ3) is 4.28. The number of carbonyl (C=O) groups excluding carboxylic acids is 1. The maximum atomic E-state index is 12.7. The lowest BCUT2D eigenvalue weighted by molar-refractivity contribution is -0.117. The minimum Gasteiger partial charge on any atom is -0.398 e. The Morgan fingerprint density at radius 2 is 1.97 bits per heavy atom. The van der Waals surface area contributed by atoms with Gasteiger partial charge in [-0.05, 0) is 66.5 Å². The summed E-state index contributed by atoms with van der Waals surface area (Å²) in [5.74, 6) is 1.63. The smallest absolute Gasteiger partial charge is 0.229 e. The van der Waals surface area contributed by atoms with Crippen LogP contribution in [-0.2, 0) is 11.3 Å². The molecule has 0 aliphatic heterocycles. The Balaban J connectivity index is 1.08. The second kappa shape index (κ2) is 8.29. The fraction of sp³-hybridized carbons (Fsp3) is 0.280. The normalized spacial score (nSPS) is 19.2. The molecule has 2 saturated carbocycles. The van der Waals surface area contributed by atoms with E-state index in [1.807, 2.05) is 12.3 Å². The number of fused-ring (bicyclic) bond motifs is 1. The molecule has 0 unspecified atom stereocenters. The maximum Gasteiger partial charge on any atom is 0.229 e. The number of nitrogen functional groups attached to an aromatic ring is 1. The van der Waals surface area contributed by atoms with Gasteiger partial charge < -0.3 is 20.8 Å². The number of hydrogen-bond acceptors (Lipinski definition) is 6. The Morgan fingerprint density at radius 3 is 2.82 bits per heavy atom. The Kier molecular flexibility index (Phi) is 5.10. The monoisotopic (exact) mass is 473 g/mol. The zero-order valence-electron chi connectivity index (χ0n) is 18.4. The van der Waals surface area contributed by atoms with E-state index in [1.54, 1.807) is 18.2 Å². The van der Waals surface area contributed by atoms with E-state index in [4.69, 9.17) is 17.3 Å². The van der Waals surface area contributed by atoms with Gasteiger partial charge in [0.1, 0.15) is 23.6 Å². The van der Waals surface area contributed by atoms with E-state index in [9.17, 15) is 4.79 Å². The quantitative estimate of drug-likeness (QED) is 0.338. The molecule has 1 aromatic carbocycles. The first kappa shape index (κ1) is 20.9. The molecule has 4 aromatic rings. The van der Waals surface area contributed by atoms with Crippen molar-refractivity contribution in [2.45, 2.75) is 37.6 Å². The Hall–Kier alpha value is -3.65. The highest BCUT2D eigenvalue weighted by Gasteiger charge is 2.45. The van der Waals surface area contributed by atoms with Crippen LogP contribution < -0.4 is 16.4 Å². The molecule has 3 aromatic heterocycles. The van der Waals surface area contributed by atoms with Crippen LogP contribution in [0.5, 0.6) is 0 Å².